The SMILES string of the molecule is NCCCc1ncc(-c2ccc(F)cc2[N+](=O)[O-])o1. The van der Waals surface area contributed by atoms with Gasteiger partial charge in [0.2, 0.25) is 0 Å². The van der Waals surface area contributed by atoms with Gasteiger partial charge >= 0.3 is 0 Å². The van der Waals surface area contributed by atoms with Crippen LogP contribution in [0.5, 0.6) is 0 Å². The predicted molar refractivity (Wildman–Crippen MR) is 65.9 cm³/mol. The van der Waals surface area contributed by atoms with Gasteiger partial charge in [-0.05, 0) is 25.1 Å². The summed E-state index contributed by atoms with van der Waals surface area (Å²) in [5.41, 5.74) is 5.23. The summed E-state index contributed by atoms with van der Waals surface area (Å²) in [5.74, 6) is 0.0381. The zero-order valence-corrected chi connectivity index (χ0v) is 10.0. The Morgan fingerprint density at radius 1 is 1.47 bits per heavy atom. The summed E-state index contributed by atoms with van der Waals surface area (Å²) in [6.07, 6.45) is 2.67. The number of aromatic nitrogens is 1. The van der Waals surface area contributed by atoms with Crippen molar-refractivity contribution in [2.45, 2.75) is 12.8 Å². The molecule has 0 unspecified atom stereocenters. The van der Waals surface area contributed by atoms with Crippen LogP contribution < -0.4 is 5.73 Å². The Bertz CT molecular complexity index is 598. The second kappa shape index (κ2) is 5.57. The minimum absolute atomic E-state index is 0.206. The lowest BCUT2D eigenvalue weighted by Crippen LogP contribution is -2.00. The highest BCUT2D eigenvalue weighted by molar-refractivity contribution is 5.68. The molecule has 2 rings (SSSR count). The van der Waals surface area contributed by atoms with Gasteiger partial charge in [-0.2, -0.15) is 0 Å². The summed E-state index contributed by atoms with van der Waals surface area (Å²) in [6, 6.07) is 3.31. The second-order valence-corrected chi connectivity index (χ2v) is 3.93. The first-order valence-corrected chi connectivity index (χ1v) is 5.71. The van der Waals surface area contributed by atoms with Crippen molar-refractivity contribution in [3.63, 3.8) is 0 Å². The number of hydrogen-bond acceptors (Lipinski definition) is 5. The van der Waals surface area contributed by atoms with Crippen LogP contribution in [0.1, 0.15) is 12.3 Å². The van der Waals surface area contributed by atoms with E-state index >= 15 is 0 Å². The molecule has 1 aromatic carbocycles. The van der Waals surface area contributed by atoms with E-state index in [1.54, 1.807) is 0 Å². The maximum Gasteiger partial charge on any atom is 0.283 e. The molecule has 19 heavy (non-hydrogen) atoms. The van der Waals surface area contributed by atoms with Crippen LogP contribution in [0, 0.1) is 15.9 Å². The van der Waals surface area contributed by atoms with Gasteiger partial charge in [-0.1, -0.05) is 0 Å². The number of oxazole rings is 1. The van der Waals surface area contributed by atoms with Crippen molar-refractivity contribution in [1.29, 1.82) is 0 Å². The number of aryl methyl sites for hydroxylation is 1. The quantitative estimate of drug-likeness (QED) is 0.661. The molecule has 1 heterocycles. The van der Waals surface area contributed by atoms with Crippen LogP contribution in [0.2, 0.25) is 0 Å². The van der Waals surface area contributed by atoms with Gasteiger partial charge in [-0.25, -0.2) is 9.37 Å². The van der Waals surface area contributed by atoms with Crippen molar-refractivity contribution < 1.29 is 13.7 Å². The van der Waals surface area contributed by atoms with E-state index < -0.39 is 10.7 Å². The Morgan fingerprint density at radius 3 is 2.95 bits per heavy atom. The fraction of sp³-hybridized carbons (Fsp3) is 0.250. The zero-order chi connectivity index (χ0) is 13.8. The van der Waals surface area contributed by atoms with E-state index in [1.165, 1.54) is 12.3 Å². The lowest BCUT2D eigenvalue weighted by Gasteiger charge is -1.99. The summed E-state index contributed by atoms with van der Waals surface area (Å²) >= 11 is 0. The molecule has 1 aromatic heterocycles. The van der Waals surface area contributed by atoms with Crippen LogP contribution in [-0.2, 0) is 6.42 Å². The van der Waals surface area contributed by atoms with Crippen molar-refractivity contribution in [3.05, 3.63) is 46.2 Å². The molecule has 0 aliphatic carbocycles. The Kier molecular flexibility index (Phi) is 3.86. The molecular formula is C12H12FN3O3. The van der Waals surface area contributed by atoms with Crippen LogP contribution >= 0.6 is 0 Å². The van der Waals surface area contributed by atoms with Gasteiger partial charge in [0, 0.05) is 6.42 Å². The summed E-state index contributed by atoms with van der Waals surface area (Å²) in [6.45, 7) is 0.508. The minimum atomic E-state index is -0.668. The molecule has 0 amide bonds. The highest BCUT2D eigenvalue weighted by Gasteiger charge is 2.19. The van der Waals surface area contributed by atoms with E-state index in [9.17, 15) is 14.5 Å². The second-order valence-electron chi connectivity index (χ2n) is 3.93. The monoisotopic (exact) mass is 265 g/mol. The molecule has 100 valence electrons. The fourth-order valence-electron chi connectivity index (χ4n) is 1.67. The largest absolute Gasteiger partial charge is 0.440 e. The molecule has 0 atom stereocenters. The first-order chi connectivity index (χ1) is 9.11. The van der Waals surface area contributed by atoms with E-state index in [1.807, 2.05) is 0 Å². The molecular weight excluding hydrogens is 253 g/mol. The van der Waals surface area contributed by atoms with Gasteiger partial charge in [0.1, 0.15) is 5.82 Å². The lowest BCUT2D eigenvalue weighted by atomic mass is 10.1. The molecule has 2 aromatic rings. The molecule has 0 aliphatic rings. The van der Waals surface area contributed by atoms with Crippen LogP contribution in [0.15, 0.2) is 28.8 Å². The number of rotatable bonds is 5. The highest BCUT2D eigenvalue weighted by atomic mass is 19.1. The molecule has 0 aliphatic heterocycles. The number of benzene rings is 1. The lowest BCUT2D eigenvalue weighted by molar-refractivity contribution is -0.384. The average molecular weight is 265 g/mol. The third kappa shape index (κ3) is 2.94. The number of hydrogen-bond donors (Lipinski definition) is 1. The summed E-state index contributed by atoms with van der Waals surface area (Å²) in [5, 5.41) is 10.9. The first-order valence-electron chi connectivity index (χ1n) is 5.71. The Balaban J connectivity index is 2.36. The van der Waals surface area contributed by atoms with E-state index in [0.29, 0.717) is 25.3 Å². The number of nitro groups is 1. The van der Waals surface area contributed by atoms with Crippen LogP contribution in [0.25, 0.3) is 11.3 Å². The molecule has 0 bridgehead atoms. The molecule has 0 saturated heterocycles. The van der Waals surface area contributed by atoms with Gasteiger partial charge < -0.3 is 10.2 Å². The fourth-order valence-corrected chi connectivity index (χ4v) is 1.67. The predicted octanol–water partition coefficient (Wildman–Crippen LogP) is 2.28. The summed E-state index contributed by atoms with van der Waals surface area (Å²) in [4.78, 5) is 14.2. The third-order valence-corrected chi connectivity index (χ3v) is 2.57. The summed E-state index contributed by atoms with van der Waals surface area (Å²) < 4.78 is 18.4. The first kappa shape index (κ1) is 13.2. The smallest absolute Gasteiger partial charge is 0.283 e. The van der Waals surface area contributed by atoms with E-state index in [2.05, 4.69) is 4.98 Å². The van der Waals surface area contributed by atoms with Gasteiger partial charge in [0.05, 0.1) is 22.7 Å². The molecule has 0 radical (unpaired) electrons. The number of nitrogens with zero attached hydrogens (tertiary/aromatic N) is 2. The van der Waals surface area contributed by atoms with E-state index in [-0.39, 0.29) is 17.0 Å². The van der Waals surface area contributed by atoms with E-state index in [0.717, 1.165) is 12.1 Å². The zero-order valence-electron chi connectivity index (χ0n) is 10.0. The third-order valence-electron chi connectivity index (χ3n) is 2.57. The van der Waals surface area contributed by atoms with Gasteiger partial charge in [-0.15, -0.1) is 0 Å². The molecule has 2 N–H and O–H groups in total. The average Bonchev–Trinajstić information content (AvgIpc) is 2.84. The Hall–Kier alpha value is -2.28. The van der Waals surface area contributed by atoms with Crippen LogP contribution in [-0.4, -0.2) is 16.5 Å². The van der Waals surface area contributed by atoms with Gasteiger partial charge in [-0.3, -0.25) is 10.1 Å². The number of nitro benzene ring substituents is 1. The normalized spacial score (nSPS) is 10.6. The molecule has 7 heteroatoms. The topological polar surface area (TPSA) is 95.2 Å². The number of nitrogens with two attached hydrogens (primary N) is 1. The van der Waals surface area contributed by atoms with Crippen molar-refractivity contribution in [3.8, 4) is 11.3 Å². The standard InChI is InChI=1S/C12H12FN3O3/c13-8-3-4-9(10(6-8)16(17)18)11-7-15-12(19-11)2-1-5-14/h3-4,6-7H,1-2,5,14H2. The van der Waals surface area contributed by atoms with Gasteiger partial charge in [0.15, 0.2) is 11.7 Å². The Morgan fingerprint density at radius 2 is 2.26 bits per heavy atom. The molecule has 0 fully saturated rings. The van der Waals surface area contributed by atoms with Crippen molar-refractivity contribution in [2.75, 3.05) is 6.54 Å². The summed E-state index contributed by atoms with van der Waals surface area (Å²) in [7, 11) is 0. The maximum absolute atomic E-state index is 13.0. The molecule has 0 saturated carbocycles. The van der Waals surface area contributed by atoms with Crippen LogP contribution in [0.3, 0.4) is 0 Å². The Labute approximate surface area is 108 Å². The molecule has 0 spiro atoms. The van der Waals surface area contributed by atoms with Crippen LogP contribution in [0.4, 0.5) is 10.1 Å². The maximum atomic E-state index is 13.0. The minimum Gasteiger partial charge on any atom is -0.440 e. The highest BCUT2D eigenvalue weighted by Crippen LogP contribution is 2.31. The molecule has 6 nitrogen and oxygen atoms in total. The van der Waals surface area contributed by atoms with E-state index in [4.69, 9.17) is 10.2 Å². The van der Waals surface area contributed by atoms with Crippen molar-refractivity contribution >= 4 is 5.69 Å². The van der Waals surface area contributed by atoms with Crippen molar-refractivity contribution in [2.24, 2.45) is 5.73 Å². The van der Waals surface area contributed by atoms with Crippen molar-refractivity contribution in [1.82, 2.24) is 4.98 Å². The van der Waals surface area contributed by atoms with Gasteiger partial charge in [0.25, 0.3) is 5.69 Å². The number of halogens is 1.